The van der Waals surface area contributed by atoms with Gasteiger partial charge in [0.05, 0.1) is 43.0 Å². The molecule has 2 bridgehead atoms. The summed E-state index contributed by atoms with van der Waals surface area (Å²) >= 11 is 6.40. The van der Waals surface area contributed by atoms with E-state index < -0.39 is 39.3 Å². The van der Waals surface area contributed by atoms with Gasteiger partial charge in [-0.05, 0) is 93.0 Å². The Morgan fingerprint density at radius 3 is 2.70 bits per heavy atom. The number of hydrogen-bond acceptors (Lipinski definition) is 10. The third kappa shape index (κ3) is 6.82. The highest BCUT2D eigenvalue weighted by atomic mass is 35.5. The van der Waals surface area contributed by atoms with E-state index in [2.05, 4.69) is 9.62 Å². The number of sulfonamides is 1. The molecular formula is C36H44ClN3O9S. The average Bonchev–Trinajstić information content (AvgIpc) is 3.56. The minimum Gasteiger partial charge on any atom is -0.488 e. The van der Waals surface area contributed by atoms with Crippen LogP contribution in [0.5, 0.6) is 5.75 Å². The third-order valence-electron chi connectivity index (χ3n) is 10.8. The molecule has 4 aliphatic heterocycles. The standard InChI is InChI=1S/C36H44ClN3O9S/c1-35(2)33(41)38-50(43,44)27-8-11-32-30(18-27)40(21-36(22-46-32)29-10-7-25(37)17-23(29)12-16-48-36)19-24-6-9-28(24)31(5-4-14-47-35)49-34(42)39(3)26-13-15-45-20-26/h4-5,7-8,10-11,17-18,24,26,28,31H,6,9,12-16,19-22H2,1-3H3,(H,38,41)/t24-,26+,28+,31-,36+/m0/s1. The van der Waals surface area contributed by atoms with E-state index in [0.29, 0.717) is 55.8 Å². The number of fused-ring (bicyclic) bond motifs is 4. The maximum absolute atomic E-state index is 13.6. The van der Waals surface area contributed by atoms with Crippen LogP contribution < -0.4 is 14.4 Å². The second kappa shape index (κ2) is 13.6. The number of amides is 2. The van der Waals surface area contributed by atoms with E-state index in [4.69, 9.17) is 35.3 Å². The topological polar surface area (TPSA) is 133 Å². The summed E-state index contributed by atoms with van der Waals surface area (Å²) in [5.74, 6) is -0.255. The van der Waals surface area contributed by atoms with Gasteiger partial charge in [0, 0.05) is 31.1 Å². The van der Waals surface area contributed by atoms with Crippen LogP contribution in [0, 0.1) is 11.8 Å². The molecule has 5 atom stereocenters. The first-order valence-electron chi connectivity index (χ1n) is 17.2. The van der Waals surface area contributed by atoms with Gasteiger partial charge in [0.25, 0.3) is 15.9 Å². The van der Waals surface area contributed by atoms with Crippen molar-refractivity contribution in [1.82, 2.24) is 9.62 Å². The molecule has 1 spiro atoms. The number of hydrogen-bond donors (Lipinski definition) is 1. The minimum absolute atomic E-state index is 0.00377. The third-order valence-corrected chi connectivity index (χ3v) is 12.3. The number of ether oxygens (including phenoxy) is 5. The lowest BCUT2D eigenvalue weighted by atomic mass is 9.70. The summed E-state index contributed by atoms with van der Waals surface area (Å²) in [5.41, 5.74) is 0.293. The molecule has 0 unspecified atom stereocenters. The Labute approximate surface area is 298 Å². The SMILES string of the molecule is CN(C(=O)O[C@H]1C=CCOC(C)(C)C(=O)NS(=O)(=O)c2ccc3c(c2)N(C[C@@H]2CC[C@H]21)C[C@]1(CO3)OCCc2cc(Cl)ccc21)[C@@H]1CCOC1. The lowest BCUT2D eigenvalue weighted by Crippen LogP contribution is -2.51. The van der Waals surface area contributed by atoms with Crippen molar-refractivity contribution >= 4 is 39.3 Å². The smallest absolute Gasteiger partial charge is 0.410 e. The van der Waals surface area contributed by atoms with Gasteiger partial charge in [-0.3, -0.25) is 4.79 Å². The Morgan fingerprint density at radius 2 is 1.94 bits per heavy atom. The summed E-state index contributed by atoms with van der Waals surface area (Å²) in [6.45, 7) is 5.65. The second-order valence-electron chi connectivity index (χ2n) is 14.4. The van der Waals surface area contributed by atoms with E-state index in [-0.39, 0.29) is 36.0 Å². The molecule has 2 aromatic rings. The van der Waals surface area contributed by atoms with Crippen LogP contribution in [0.25, 0.3) is 0 Å². The fourth-order valence-corrected chi connectivity index (χ4v) is 8.84. The zero-order chi connectivity index (χ0) is 35.3. The number of carbonyl (C=O) groups excluding carboxylic acids is 2. The molecule has 1 saturated carbocycles. The van der Waals surface area contributed by atoms with Crippen molar-refractivity contribution in [2.75, 3.05) is 58.1 Å². The van der Waals surface area contributed by atoms with Crippen LogP contribution >= 0.6 is 11.6 Å². The molecule has 0 radical (unpaired) electrons. The quantitative estimate of drug-likeness (QED) is 0.443. The Bertz CT molecular complexity index is 1780. The van der Waals surface area contributed by atoms with Crippen LogP contribution in [0.15, 0.2) is 53.4 Å². The number of nitrogens with one attached hydrogen (secondary N) is 1. The normalized spacial score (nSPS) is 30.2. The molecule has 50 heavy (non-hydrogen) atoms. The fraction of sp³-hybridized carbons (Fsp3) is 0.556. The van der Waals surface area contributed by atoms with Gasteiger partial charge >= 0.3 is 6.09 Å². The van der Waals surface area contributed by atoms with Gasteiger partial charge in [-0.2, -0.15) is 0 Å². The Hall–Kier alpha value is -3.36. The lowest BCUT2D eigenvalue weighted by Gasteiger charge is -2.45. The van der Waals surface area contributed by atoms with Gasteiger partial charge in [0.2, 0.25) is 0 Å². The number of likely N-dealkylation sites (N-methyl/N-ethyl adjacent to an activating group) is 1. The number of anilines is 1. The zero-order valence-corrected chi connectivity index (χ0v) is 30.1. The van der Waals surface area contributed by atoms with Crippen LogP contribution in [0.1, 0.15) is 44.2 Å². The fourth-order valence-electron chi connectivity index (χ4n) is 7.53. The van der Waals surface area contributed by atoms with Gasteiger partial charge in [0.1, 0.15) is 29.7 Å². The van der Waals surface area contributed by atoms with Crippen molar-refractivity contribution in [2.45, 2.75) is 67.8 Å². The van der Waals surface area contributed by atoms with Gasteiger partial charge < -0.3 is 33.5 Å². The highest BCUT2D eigenvalue weighted by Gasteiger charge is 2.46. The van der Waals surface area contributed by atoms with E-state index in [1.165, 1.54) is 19.9 Å². The molecule has 4 heterocycles. The van der Waals surface area contributed by atoms with Crippen LogP contribution in [0.2, 0.25) is 5.02 Å². The second-order valence-corrected chi connectivity index (χ2v) is 16.5. The summed E-state index contributed by atoms with van der Waals surface area (Å²) in [5, 5.41) is 0.645. The molecule has 12 nitrogen and oxygen atoms in total. The van der Waals surface area contributed by atoms with Crippen molar-refractivity contribution in [3.8, 4) is 5.75 Å². The van der Waals surface area contributed by atoms with E-state index in [0.717, 1.165) is 30.4 Å². The van der Waals surface area contributed by atoms with Gasteiger partial charge in [-0.25, -0.2) is 17.9 Å². The van der Waals surface area contributed by atoms with Crippen LogP contribution in [-0.2, 0) is 45.8 Å². The maximum Gasteiger partial charge on any atom is 0.410 e. The molecule has 270 valence electrons. The van der Waals surface area contributed by atoms with E-state index in [9.17, 15) is 18.0 Å². The molecule has 1 N–H and O–H groups in total. The maximum atomic E-state index is 13.6. The van der Waals surface area contributed by atoms with Crippen LogP contribution in [0.4, 0.5) is 10.5 Å². The molecule has 2 aromatic carbocycles. The van der Waals surface area contributed by atoms with E-state index in [1.54, 1.807) is 30.2 Å². The monoisotopic (exact) mass is 729 g/mol. The molecule has 5 aliphatic rings. The minimum atomic E-state index is -4.27. The molecule has 2 fully saturated rings. The Balaban J connectivity index is 1.27. The van der Waals surface area contributed by atoms with E-state index in [1.807, 2.05) is 24.3 Å². The predicted molar refractivity (Wildman–Crippen MR) is 185 cm³/mol. The summed E-state index contributed by atoms with van der Waals surface area (Å²) in [7, 11) is -2.54. The zero-order valence-electron chi connectivity index (χ0n) is 28.6. The first-order valence-corrected chi connectivity index (χ1v) is 19.1. The van der Waals surface area contributed by atoms with Crippen molar-refractivity contribution in [1.29, 1.82) is 0 Å². The van der Waals surface area contributed by atoms with Crippen molar-refractivity contribution in [3.63, 3.8) is 0 Å². The number of benzene rings is 2. The van der Waals surface area contributed by atoms with E-state index >= 15 is 0 Å². The van der Waals surface area contributed by atoms with Crippen molar-refractivity contribution in [3.05, 3.63) is 64.7 Å². The van der Waals surface area contributed by atoms with Crippen LogP contribution in [0.3, 0.4) is 0 Å². The molecule has 1 saturated heterocycles. The number of halogens is 1. The first kappa shape index (κ1) is 35.1. The Morgan fingerprint density at radius 1 is 1.10 bits per heavy atom. The molecule has 7 rings (SSSR count). The summed E-state index contributed by atoms with van der Waals surface area (Å²) in [6, 6.07) is 10.4. The highest BCUT2D eigenvalue weighted by molar-refractivity contribution is 7.90. The van der Waals surface area contributed by atoms with Gasteiger partial charge in [0.15, 0.2) is 0 Å². The summed E-state index contributed by atoms with van der Waals surface area (Å²) < 4.78 is 60.0. The van der Waals surface area contributed by atoms with Gasteiger partial charge in [-0.15, -0.1) is 0 Å². The number of nitrogens with zero attached hydrogens (tertiary/aromatic N) is 2. The predicted octanol–water partition coefficient (Wildman–Crippen LogP) is 4.43. The molecule has 2 amide bonds. The lowest BCUT2D eigenvalue weighted by molar-refractivity contribution is -0.139. The highest BCUT2D eigenvalue weighted by Crippen LogP contribution is 2.46. The number of carbonyl (C=O) groups is 2. The number of rotatable bonds is 2. The Kier molecular flexibility index (Phi) is 9.57. The molecular weight excluding hydrogens is 686 g/mol. The molecule has 0 aromatic heterocycles. The van der Waals surface area contributed by atoms with Crippen molar-refractivity contribution < 1.29 is 41.7 Å². The summed E-state index contributed by atoms with van der Waals surface area (Å²) in [4.78, 5) is 30.4. The summed E-state index contributed by atoms with van der Waals surface area (Å²) in [6.07, 6.45) is 5.73. The van der Waals surface area contributed by atoms with Crippen LogP contribution in [-0.4, -0.2) is 96.2 Å². The molecule has 14 heteroatoms. The van der Waals surface area contributed by atoms with Crippen molar-refractivity contribution in [2.24, 2.45) is 11.8 Å². The molecule has 1 aliphatic carbocycles. The largest absolute Gasteiger partial charge is 0.488 e. The first-order chi connectivity index (χ1) is 23.8. The average molecular weight is 730 g/mol. The van der Waals surface area contributed by atoms with Gasteiger partial charge in [-0.1, -0.05) is 23.7 Å².